The van der Waals surface area contributed by atoms with Crippen LogP contribution in [-0.4, -0.2) is 25.6 Å². The Hall–Kier alpha value is -1.43. The van der Waals surface area contributed by atoms with E-state index in [1.165, 1.54) is 0 Å². The molecule has 0 heterocycles. The Labute approximate surface area is 161 Å². The molecule has 0 unspecified atom stereocenters. The van der Waals surface area contributed by atoms with Gasteiger partial charge in [-0.25, -0.2) is 5.01 Å². The van der Waals surface area contributed by atoms with Crippen molar-refractivity contribution < 1.29 is 4.43 Å². The third-order valence-corrected chi connectivity index (χ3v) is 9.37. The molecule has 1 atom stereocenters. The average molecular weight is 419 g/mol. The molecule has 0 bridgehead atoms. The van der Waals surface area contributed by atoms with Gasteiger partial charge in [-0.05, 0) is 43.3 Å². The first-order valence-corrected chi connectivity index (χ1v) is 12.8. The Balaban J connectivity index is 2.30. The van der Waals surface area contributed by atoms with E-state index in [4.69, 9.17) is 9.53 Å². The monoisotopic (exact) mass is 418 g/mol. The summed E-state index contributed by atoms with van der Waals surface area (Å²) in [5.41, 5.74) is 2.06. The van der Waals surface area contributed by atoms with E-state index < -0.39 is 8.32 Å². The summed E-state index contributed by atoms with van der Waals surface area (Å²) in [7, 11) is -1.73. The Kier molecular flexibility index (Phi) is 7.41. The molecule has 5 heteroatoms. The van der Waals surface area contributed by atoms with Gasteiger partial charge in [-0.1, -0.05) is 66.2 Å². The molecule has 25 heavy (non-hydrogen) atoms. The summed E-state index contributed by atoms with van der Waals surface area (Å²) in [6, 6.07) is 20.4. The van der Waals surface area contributed by atoms with Gasteiger partial charge in [-0.2, -0.15) is 5.10 Å². The first-order chi connectivity index (χ1) is 11.9. The zero-order valence-electron chi connectivity index (χ0n) is 15.4. The van der Waals surface area contributed by atoms with E-state index in [2.05, 4.69) is 67.1 Å². The molecule has 0 aliphatic carbocycles. The maximum absolute atomic E-state index is 6.39. The number of rotatable bonds is 8. The fourth-order valence-electron chi connectivity index (χ4n) is 2.29. The summed E-state index contributed by atoms with van der Waals surface area (Å²) < 4.78 is 6.39. The van der Waals surface area contributed by atoms with Gasteiger partial charge in [-0.3, -0.25) is 0 Å². The van der Waals surface area contributed by atoms with Crippen LogP contribution in [0, 0.1) is 5.92 Å². The standard InChI is InChI=1S/C20H27BrN2OSi/c1-17(2)20(24-25(3,4)16-21)15-22-23(18-11-7-5-8-12-18)19-13-9-6-10-14-19/h5-15,17,20H,16H2,1-4H3/b22-15+/t20-/m1/s1. The summed E-state index contributed by atoms with van der Waals surface area (Å²) in [5.74, 6) is 0.364. The van der Waals surface area contributed by atoms with Gasteiger partial charge in [0.2, 0.25) is 0 Å². The van der Waals surface area contributed by atoms with Gasteiger partial charge < -0.3 is 4.43 Å². The molecule has 0 radical (unpaired) electrons. The van der Waals surface area contributed by atoms with Gasteiger partial charge >= 0.3 is 0 Å². The highest BCUT2D eigenvalue weighted by Crippen LogP contribution is 2.25. The smallest absolute Gasteiger partial charge is 0.198 e. The molecule has 0 N–H and O–H groups in total. The molecule has 134 valence electrons. The number of alkyl halides is 1. The van der Waals surface area contributed by atoms with E-state index in [1.807, 2.05) is 47.6 Å². The van der Waals surface area contributed by atoms with Crippen molar-refractivity contribution in [2.45, 2.75) is 33.0 Å². The molecule has 0 fully saturated rings. The Morgan fingerprint density at radius 2 is 1.48 bits per heavy atom. The van der Waals surface area contributed by atoms with Crippen LogP contribution in [0.5, 0.6) is 0 Å². The topological polar surface area (TPSA) is 24.8 Å². The van der Waals surface area contributed by atoms with Crippen LogP contribution in [0.1, 0.15) is 13.8 Å². The molecule has 0 saturated heterocycles. The number of para-hydroxylation sites is 2. The predicted octanol–water partition coefficient (Wildman–Crippen LogP) is 5.99. The van der Waals surface area contributed by atoms with Crippen LogP contribution in [0.4, 0.5) is 11.4 Å². The van der Waals surface area contributed by atoms with Gasteiger partial charge in [-0.15, -0.1) is 0 Å². The van der Waals surface area contributed by atoms with Crippen molar-refractivity contribution in [2.75, 3.05) is 9.96 Å². The molecule has 0 aromatic heterocycles. The maximum atomic E-state index is 6.39. The highest BCUT2D eigenvalue weighted by Gasteiger charge is 2.26. The lowest BCUT2D eigenvalue weighted by molar-refractivity contribution is 0.212. The van der Waals surface area contributed by atoms with Crippen molar-refractivity contribution in [3.05, 3.63) is 60.7 Å². The SMILES string of the molecule is CC(C)[C@@H](/C=N/N(c1ccccc1)c1ccccc1)O[Si](C)(C)CBr. The fraction of sp³-hybridized carbons (Fsp3) is 0.350. The van der Waals surface area contributed by atoms with Crippen LogP contribution >= 0.6 is 15.9 Å². The van der Waals surface area contributed by atoms with Crippen molar-refractivity contribution in [3.63, 3.8) is 0 Å². The summed E-state index contributed by atoms with van der Waals surface area (Å²) in [6.07, 6.45) is 1.94. The van der Waals surface area contributed by atoms with Crippen LogP contribution < -0.4 is 5.01 Å². The molecule has 0 amide bonds. The minimum Gasteiger partial charge on any atom is -0.408 e. The highest BCUT2D eigenvalue weighted by atomic mass is 79.9. The quantitative estimate of drug-likeness (QED) is 0.227. The molecule has 0 spiro atoms. The van der Waals surface area contributed by atoms with Crippen molar-refractivity contribution in [3.8, 4) is 0 Å². The van der Waals surface area contributed by atoms with Crippen molar-refractivity contribution in [1.29, 1.82) is 0 Å². The normalized spacial score (nSPS) is 13.4. The number of benzene rings is 2. The molecular weight excluding hydrogens is 392 g/mol. The lowest BCUT2D eigenvalue weighted by atomic mass is 10.1. The van der Waals surface area contributed by atoms with E-state index in [1.54, 1.807) is 0 Å². The molecule has 2 aromatic rings. The molecule has 0 aliphatic heterocycles. The third-order valence-electron chi connectivity index (χ3n) is 3.76. The number of anilines is 2. The first kappa shape index (κ1) is 19.9. The van der Waals surface area contributed by atoms with E-state index in [0.29, 0.717) is 5.92 Å². The van der Waals surface area contributed by atoms with Gasteiger partial charge in [0.25, 0.3) is 0 Å². The Morgan fingerprint density at radius 1 is 1.00 bits per heavy atom. The van der Waals surface area contributed by atoms with Crippen LogP contribution in [-0.2, 0) is 4.43 Å². The summed E-state index contributed by atoms with van der Waals surface area (Å²) in [6.45, 7) is 8.78. The second-order valence-corrected chi connectivity index (χ2v) is 12.7. The predicted molar refractivity (Wildman–Crippen MR) is 115 cm³/mol. The number of hydrogen-bond acceptors (Lipinski definition) is 3. The van der Waals surface area contributed by atoms with Crippen LogP contribution in [0.2, 0.25) is 13.1 Å². The molecular formula is C20H27BrN2OSi. The highest BCUT2D eigenvalue weighted by molar-refractivity contribution is 9.09. The van der Waals surface area contributed by atoms with Gasteiger partial charge in [0, 0.05) is 4.95 Å². The minimum atomic E-state index is -1.73. The second kappa shape index (κ2) is 9.32. The van der Waals surface area contributed by atoms with Crippen molar-refractivity contribution >= 4 is 41.8 Å². The van der Waals surface area contributed by atoms with Crippen LogP contribution in [0.15, 0.2) is 65.8 Å². The Morgan fingerprint density at radius 3 is 1.88 bits per heavy atom. The summed E-state index contributed by atoms with van der Waals surface area (Å²) in [4.78, 5) is 0.915. The molecule has 0 saturated carbocycles. The van der Waals surface area contributed by atoms with Gasteiger partial charge in [0.05, 0.1) is 23.7 Å². The second-order valence-electron chi connectivity index (χ2n) is 6.97. The van der Waals surface area contributed by atoms with Crippen LogP contribution in [0.3, 0.4) is 0 Å². The van der Waals surface area contributed by atoms with Crippen molar-refractivity contribution in [2.24, 2.45) is 11.0 Å². The zero-order chi connectivity index (χ0) is 18.3. The summed E-state index contributed by atoms with van der Waals surface area (Å²) in [5, 5.41) is 6.75. The van der Waals surface area contributed by atoms with E-state index in [9.17, 15) is 0 Å². The lowest BCUT2D eigenvalue weighted by Crippen LogP contribution is -2.40. The molecule has 2 aromatic carbocycles. The first-order valence-electron chi connectivity index (χ1n) is 8.61. The number of halogens is 1. The lowest BCUT2D eigenvalue weighted by Gasteiger charge is -2.28. The molecule has 3 nitrogen and oxygen atoms in total. The van der Waals surface area contributed by atoms with Crippen molar-refractivity contribution in [1.82, 2.24) is 0 Å². The zero-order valence-corrected chi connectivity index (χ0v) is 18.0. The summed E-state index contributed by atoms with van der Waals surface area (Å²) >= 11 is 3.58. The van der Waals surface area contributed by atoms with E-state index in [-0.39, 0.29) is 6.10 Å². The number of hydrazone groups is 1. The number of nitrogens with zero attached hydrogens (tertiary/aromatic N) is 2. The van der Waals surface area contributed by atoms with Crippen LogP contribution in [0.25, 0.3) is 0 Å². The van der Waals surface area contributed by atoms with E-state index in [0.717, 1.165) is 16.3 Å². The van der Waals surface area contributed by atoms with Gasteiger partial charge in [0.1, 0.15) is 0 Å². The largest absolute Gasteiger partial charge is 0.408 e. The molecule has 0 aliphatic rings. The fourth-order valence-corrected chi connectivity index (χ4v) is 3.82. The molecule has 2 rings (SSSR count). The average Bonchev–Trinajstić information content (AvgIpc) is 2.62. The minimum absolute atomic E-state index is 0.00542. The Bertz CT molecular complexity index is 622. The van der Waals surface area contributed by atoms with E-state index >= 15 is 0 Å². The van der Waals surface area contributed by atoms with Gasteiger partial charge in [0.15, 0.2) is 8.32 Å². The maximum Gasteiger partial charge on any atom is 0.198 e. The number of hydrogen-bond donors (Lipinski definition) is 0. The third kappa shape index (κ3) is 6.10.